The number of aromatic nitrogens is 2. The van der Waals surface area contributed by atoms with Gasteiger partial charge >= 0.3 is 5.97 Å². The summed E-state index contributed by atoms with van der Waals surface area (Å²) in [6, 6.07) is 0. The number of thiophene rings is 1. The highest BCUT2D eigenvalue weighted by Crippen LogP contribution is 2.43. The summed E-state index contributed by atoms with van der Waals surface area (Å²) in [6.07, 6.45) is 7.47. The van der Waals surface area contributed by atoms with E-state index < -0.39 is 5.97 Å². The van der Waals surface area contributed by atoms with E-state index in [1.54, 1.807) is 0 Å². The number of allylic oxidation sites excluding steroid dienone is 1. The number of fused-ring (bicyclic) bond motifs is 1. The number of hydrogen-bond acceptors (Lipinski definition) is 6. The number of carboxylic acid groups (broad SMARTS) is 1. The van der Waals surface area contributed by atoms with Crippen LogP contribution in [0.3, 0.4) is 0 Å². The third-order valence-electron chi connectivity index (χ3n) is 5.14. The SMILES string of the molecule is CC(C)(C)c1nc(-c2c(NC(=O)C3=C(C(=O)O)CCC3)sc3c2CCC=C3)no1. The molecule has 0 saturated carbocycles. The predicted molar refractivity (Wildman–Crippen MR) is 111 cm³/mol. The van der Waals surface area contributed by atoms with Gasteiger partial charge in [0.1, 0.15) is 5.00 Å². The summed E-state index contributed by atoms with van der Waals surface area (Å²) in [5.41, 5.74) is 2.15. The van der Waals surface area contributed by atoms with Crippen molar-refractivity contribution in [2.24, 2.45) is 0 Å². The summed E-state index contributed by atoms with van der Waals surface area (Å²) in [7, 11) is 0. The molecule has 0 aliphatic heterocycles. The summed E-state index contributed by atoms with van der Waals surface area (Å²) >= 11 is 1.46. The van der Waals surface area contributed by atoms with Gasteiger partial charge in [-0.1, -0.05) is 32.0 Å². The van der Waals surface area contributed by atoms with Crippen LogP contribution in [-0.4, -0.2) is 27.1 Å². The Hall–Kier alpha value is -2.74. The van der Waals surface area contributed by atoms with E-state index in [2.05, 4.69) is 21.5 Å². The van der Waals surface area contributed by atoms with Crippen molar-refractivity contribution in [2.75, 3.05) is 5.32 Å². The standard InChI is InChI=1S/C21H23N3O4S/c1-21(2,3)20-22-16(24-28-20)15-13-7-4-5-10-14(13)29-18(15)23-17(25)11-8-6-9-12(11)19(26)27/h5,10H,4,6-9H2,1-3H3,(H,23,25)(H,26,27). The minimum absolute atomic E-state index is 0.208. The maximum atomic E-state index is 12.9. The topological polar surface area (TPSA) is 105 Å². The smallest absolute Gasteiger partial charge is 0.332 e. The first-order valence-corrected chi connectivity index (χ1v) is 10.5. The van der Waals surface area contributed by atoms with E-state index >= 15 is 0 Å². The van der Waals surface area contributed by atoms with Crippen LogP contribution in [0.4, 0.5) is 5.00 Å². The van der Waals surface area contributed by atoms with Gasteiger partial charge in [0.25, 0.3) is 5.91 Å². The average molecular weight is 413 g/mol. The Balaban J connectivity index is 1.75. The molecule has 2 aromatic heterocycles. The molecule has 0 bridgehead atoms. The Morgan fingerprint density at radius 2 is 1.97 bits per heavy atom. The highest BCUT2D eigenvalue weighted by Gasteiger charge is 2.30. The Labute approximate surface area is 172 Å². The maximum Gasteiger partial charge on any atom is 0.332 e. The fourth-order valence-electron chi connectivity index (χ4n) is 3.65. The molecule has 2 aliphatic rings. The van der Waals surface area contributed by atoms with Gasteiger partial charge < -0.3 is 14.9 Å². The van der Waals surface area contributed by atoms with E-state index in [4.69, 9.17) is 4.52 Å². The normalized spacial score (nSPS) is 16.2. The summed E-state index contributed by atoms with van der Waals surface area (Å²) < 4.78 is 5.48. The van der Waals surface area contributed by atoms with Crippen molar-refractivity contribution in [1.29, 1.82) is 0 Å². The third-order valence-corrected chi connectivity index (χ3v) is 6.25. The molecular weight excluding hydrogens is 390 g/mol. The second-order valence-electron chi connectivity index (χ2n) is 8.33. The maximum absolute atomic E-state index is 12.9. The highest BCUT2D eigenvalue weighted by molar-refractivity contribution is 7.18. The lowest BCUT2D eigenvalue weighted by Crippen LogP contribution is -2.16. The monoisotopic (exact) mass is 413 g/mol. The van der Waals surface area contributed by atoms with E-state index in [0.29, 0.717) is 41.6 Å². The summed E-state index contributed by atoms with van der Waals surface area (Å²) in [6.45, 7) is 6.00. The molecule has 8 heteroatoms. The number of nitrogens with one attached hydrogen (secondary N) is 1. The molecule has 2 aliphatic carbocycles. The van der Waals surface area contributed by atoms with Crippen molar-refractivity contribution >= 4 is 34.3 Å². The molecule has 2 N–H and O–H groups in total. The van der Waals surface area contributed by atoms with E-state index in [9.17, 15) is 14.7 Å². The molecule has 2 heterocycles. The molecule has 0 spiro atoms. The Morgan fingerprint density at radius 3 is 2.66 bits per heavy atom. The minimum atomic E-state index is -1.02. The van der Waals surface area contributed by atoms with Crippen LogP contribution in [0.5, 0.6) is 0 Å². The van der Waals surface area contributed by atoms with Crippen LogP contribution >= 0.6 is 11.3 Å². The number of amides is 1. The first-order valence-electron chi connectivity index (χ1n) is 9.69. The highest BCUT2D eigenvalue weighted by atomic mass is 32.1. The first kappa shape index (κ1) is 19.6. The molecule has 0 fully saturated rings. The van der Waals surface area contributed by atoms with Gasteiger partial charge in [-0.25, -0.2) is 4.79 Å². The van der Waals surface area contributed by atoms with E-state index in [0.717, 1.165) is 28.8 Å². The van der Waals surface area contributed by atoms with E-state index in [1.807, 2.05) is 26.8 Å². The zero-order chi connectivity index (χ0) is 20.8. The van der Waals surface area contributed by atoms with Crippen molar-refractivity contribution in [3.05, 3.63) is 33.6 Å². The van der Waals surface area contributed by atoms with Crippen LogP contribution in [0.2, 0.25) is 0 Å². The Bertz CT molecular complexity index is 1050. The number of hydrogen-bond donors (Lipinski definition) is 2. The quantitative estimate of drug-likeness (QED) is 0.761. The lowest BCUT2D eigenvalue weighted by atomic mass is 9.97. The minimum Gasteiger partial charge on any atom is -0.478 e. The lowest BCUT2D eigenvalue weighted by Gasteiger charge is -2.11. The zero-order valence-electron chi connectivity index (χ0n) is 16.7. The molecule has 0 aromatic carbocycles. The molecule has 152 valence electrons. The summed E-state index contributed by atoms with van der Waals surface area (Å²) in [5, 5.41) is 17.1. The summed E-state index contributed by atoms with van der Waals surface area (Å²) in [4.78, 5) is 30.0. The number of nitrogens with zero attached hydrogens (tertiary/aromatic N) is 2. The molecule has 0 saturated heterocycles. The largest absolute Gasteiger partial charge is 0.478 e. The number of carboxylic acids is 1. The Morgan fingerprint density at radius 1 is 1.21 bits per heavy atom. The number of carbonyl (C=O) groups is 2. The molecule has 0 atom stereocenters. The van der Waals surface area contributed by atoms with E-state index in [-0.39, 0.29) is 16.9 Å². The number of anilines is 1. The van der Waals surface area contributed by atoms with Crippen LogP contribution in [-0.2, 0) is 21.4 Å². The molecule has 0 radical (unpaired) electrons. The van der Waals surface area contributed by atoms with Crippen molar-refractivity contribution in [3.63, 3.8) is 0 Å². The van der Waals surface area contributed by atoms with Gasteiger partial charge in [-0.2, -0.15) is 4.98 Å². The van der Waals surface area contributed by atoms with Crippen molar-refractivity contribution < 1.29 is 19.2 Å². The number of rotatable bonds is 4. The van der Waals surface area contributed by atoms with Crippen LogP contribution in [0.1, 0.15) is 62.8 Å². The van der Waals surface area contributed by atoms with Gasteiger partial charge in [0, 0.05) is 21.4 Å². The number of aliphatic carboxylic acids is 1. The fourth-order valence-corrected chi connectivity index (χ4v) is 4.82. The van der Waals surface area contributed by atoms with Gasteiger partial charge in [0.15, 0.2) is 0 Å². The van der Waals surface area contributed by atoms with Crippen molar-refractivity contribution in [2.45, 2.75) is 58.3 Å². The molecular formula is C21H23N3O4S. The van der Waals surface area contributed by atoms with E-state index in [1.165, 1.54) is 11.3 Å². The van der Waals surface area contributed by atoms with Gasteiger partial charge in [-0.05, 0) is 43.7 Å². The fraction of sp³-hybridized carbons (Fsp3) is 0.429. The predicted octanol–water partition coefficient (Wildman–Crippen LogP) is 4.56. The molecule has 4 rings (SSSR count). The van der Waals surface area contributed by atoms with Gasteiger partial charge in [-0.15, -0.1) is 11.3 Å². The molecule has 1 amide bonds. The van der Waals surface area contributed by atoms with Gasteiger partial charge in [0.2, 0.25) is 11.7 Å². The Kier molecular flexibility index (Phi) is 4.90. The lowest BCUT2D eigenvalue weighted by molar-refractivity contribution is -0.133. The third kappa shape index (κ3) is 3.64. The summed E-state index contributed by atoms with van der Waals surface area (Å²) in [5.74, 6) is -0.392. The van der Waals surface area contributed by atoms with Gasteiger partial charge in [-0.3, -0.25) is 4.79 Å². The average Bonchev–Trinajstić information content (AvgIpc) is 3.38. The van der Waals surface area contributed by atoms with Crippen LogP contribution in [0, 0.1) is 0 Å². The second kappa shape index (κ2) is 7.26. The molecule has 29 heavy (non-hydrogen) atoms. The van der Waals surface area contributed by atoms with Crippen LogP contribution in [0.15, 0.2) is 21.7 Å². The molecule has 7 nitrogen and oxygen atoms in total. The molecule has 2 aromatic rings. The zero-order valence-corrected chi connectivity index (χ0v) is 17.5. The number of carbonyl (C=O) groups excluding carboxylic acids is 1. The van der Waals surface area contributed by atoms with Crippen molar-refractivity contribution in [1.82, 2.24) is 10.1 Å². The van der Waals surface area contributed by atoms with Crippen LogP contribution in [0.25, 0.3) is 17.5 Å². The second-order valence-corrected chi connectivity index (χ2v) is 9.39. The van der Waals surface area contributed by atoms with Crippen LogP contribution < -0.4 is 5.32 Å². The molecule has 0 unspecified atom stereocenters. The van der Waals surface area contributed by atoms with Crippen molar-refractivity contribution in [3.8, 4) is 11.4 Å². The first-order chi connectivity index (χ1) is 13.8. The van der Waals surface area contributed by atoms with Gasteiger partial charge in [0.05, 0.1) is 5.56 Å².